The van der Waals surface area contributed by atoms with Gasteiger partial charge in [-0.1, -0.05) is 12.8 Å². The zero-order valence-corrected chi connectivity index (χ0v) is 11.2. The van der Waals surface area contributed by atoms with E-state index in [2.05, 4.69) is 9.97 Å². The molecule has 18 heavy (non-hydrogen) atoms. The summed E-state index contributed by atoms with van der Waals surface area (Å²) in [6, 6.07) is 0. The Morgan fingerprint density at radius 1 is 1.22 bits per heavy atom. The molecule has 1 aliphatic rings. The second-order valence-electron chi connectivity index (χ2n) is 5.21. The molecule has 0 aliphatic heterocycles. The fourth-order valence-corrected chi connectivity index (χ4v) is 2.87. The second-order valence-corrected chi connectivity index (χ2v) is 5.21. The number of aliphatic carboxylic acids is 1. The molecule has 0 amide bonds. The Morgan fingerprint density at radius 3 is 2.17 bits per heavy atom. The van der Waals surface area contributed by atoms with Gasteiger partial charge >= 0.3 is 5.97 Å². The van der Waals surface area contributed by atoms with E-state index in [1.54, 1.807) is 6.92 Å². The van der Waals surface area contributed by atoms with Crippen LogP contribution in [0.2, 0.25) is 0 Å². The van der Waals surface area contributed by atoms with Crippen LogP contribution in [0.15, 0.2) is 0 Å². The average Bonchev–Trinajstić information content (AvgIpc) is 2.80. The third-order valence-electron chi connectivity index (χ3n) is 3.87. The quantitative estimate of drug-likeness (QED) is 0.893. The first-order valence-electron chi connectivity index (χ1n) is 6.58. The molecule has 0 spiro atoms. The number of aryl methyl sites for hydroxylation is 2. The predicted molar refractivity (Wildman–Crippen MR) is 68.8 cm³/mol. The van der Waals surface area contributed by atoms with Crippen molar-refractivity contribution in [1.82, 2.24) is 9.97 Å². The molecule has 1 atom stereocenters. The molecule has 4 nitrogen and oxygen atoms in total. The number of hydrogen-bond donors (Lipinski definition) is 1. The highest BCUT2D eigenvalue weighted by Gasteiger charge is 2.24. The normalized spacial score (nSPS) is 17.9. The Labute approximate surface area is 107 Å². The molecule has 0 aromatic carbocycles. The minimum Gasteiger partial charge on any atom is -0.481 e. The third-order valence-corrected chi connectivity index (χ3v) is 3.87. The number of carbonyl (C=O) groups is 1. The molecular formula is C14H20N2O2. The maximum atomic E-state index is 11.1. The van der Waals surface area contributed by atoms with Crippen LogP contribution in [0.25, 0.3) is 0 Å². The molecule has 0 bridgehead atoms. The van der Waals surface area contributed by atoms with Crippen LogP contribution in [0, 0.1) is 13.8 Å². The Kier molecular flexibility index (Phi) is 3.64. The lowest BCUT2D eigenvalue weighted by Crippen LogP contribution is -2.15. The van der Waals surface area contributed by atoms with Crippen LogP contribution in [-0.2, 0) is 4.79 Å². The van der Waals surface area contributed by atoms with Gasteiger partial charge in [0.1, 0.15) is 5.82 Å². The smallest absolute Gasteiger partial charge is 0.310 e. The minimum absolute atomic E-state index is 0.469. The summed E-state index contributed by atoms with van der Waals surface area (Å²) >= 11 is 0. The van der Waals surface area contributed by atoms with Crippen LogP contribution in [-0.4, -0.2) is 21.0 Å². The molecule has 1 aromatic heterocycles. The molecule has 1 saturated carbocycles. The van der Waals surface area contributed by atoms with Crippen molar-refractivity contribution in [3.8, 4) is 0 Å². The van der Waals surface area contributed by atoms with Gasteiger partial charge in [0.2, 0.25) is 0 Å². The SMILES string of the molecule is Cc1nc(C2CCCC2)nc(C)c1C(C)C(=O)O. The zero-order valence-electron chi connectivity index (χ0n) is 11.2. The monoisotopic (exact) mass is 248 g/mol. The van der Waals surface area contributed by atoms with Gasteiger partial charge in [0.15, 0.2) is 0 Å². The summed E-state index contributed by atoms with van der Waals surface area (Å²) < 4.78 is 0. The van der Waals surface area contributed by atoms with E-state index in [0.717, 1.165) is 35.6 Å². The fraction of sp³-hybridized carbons (Fsp3) is 0.643. The summed E-state index contributed by atoms with van der Waals surface area (Å²) in [5.74, 6) is 0.0152. The van der Waals surface area contributed by atoms with Crippen LogP contribution < -0.4 is 0 Å². The van der Waals surface area contributed by atoms with Crippen molar-refractivity contribution in [3.63, 3.8) is 0 Å². The fourth-order valence-electron chi connectivity index (χ4n) is 2.87. The van der Waals surface area contributed by atoms with Crippen molar-refractivity contribution < 1.29 is 9.90 Å². The van der Waals surface area contributed by atoms with E-state index >= 15 is 0 Å². The van der Waals surface area contributed by atoms with Crippen molar-refractivity contribution >= 4 is 5.97 Å². The van der Waals surface area contributed by atoms with Crippen LogP contribution in [0.1, 0.15) is 67.2 Å². The Hall–Kier alpha value is -1.45. The van der Waals surface area contributed by atoms with Crippen LogP contribution in [0.4, 0.5) is 0 Å². The number of carboxylic acids is 1. The molecule has 1 aromatic rings. The molecule has 98 valence electrons. The molecule has 1 heterocycles. The zero-order chi connectivity index (χ0) is 13.3. The topological polar surface area (TPSA) is 63.1 Å². The molecule has 1 unspecified atom stereocenters. The highest BCUT2D eigenvalue weighted by molar-refractivity contribution is 5.76. The molecular weight excluding hydrogens is 228 g/mol. The van der Waals surface area contributed by atoms with Gasteiger partial charge in [-0.15, -0.1) is 0 Å². The summed E-state index contributed by atoms with van der Waals surface area (Å²) in [6.07, 6.45) is 4.82. The highest BCUT2D eigenvalue weighted by atomic mass is 16.4. The van der Waals surface area contributed by atoms with E-state index in [0.29, 0.717) is 5.92 Å². The van der Waals surface area contributed by atoms with Gasteiger partial charge in [-0.3, -0.25) is 4.79 Å². The van der Waals surface area contributed by atoms with Gasteiger partial charge in [-0.25, -0.2) is 9.97 Å². The van der Waals surface area contributed by atoms with Gasteiger partial charge in [-0.2, -0.15) is 0 Å². The van der Waals surface area contributed by atoms with E-state index in [-0.39, 0.29) is 0 Å². The number of aromatic nitrogens is 2. The van der Waals surface area contributed by atoms with Crippen molar-refractivity contribution in [1.29, 1.82) is 0 Å². The van der Waals surface area contributed by atoms with Crippen molar-refractivity contribution in [2.45, 2.75) is 58.3 Å². The summed E-state index contributed by atoms with van der Waals surface area (Å²) in [5, 5.41) is 9.11. The highest BCUT2D eigenvalue weighted by Crippen LogP contribution is 2.33. The van der Waals surface area contributed by atoms with Gasteiger partial charge in [-0.05, 0) is 33.6 Å². The largest absolute Gasteiger partial charge is 0.481 e. The minimum atomic E-state index is -0.821. The molecule has 1 aliphatic carbocycles. The van der Waals surface area contributed by atoms with Crippen LogP contribution in [0.5, 0.6) is 0 Å². The molecule has 0 radical (unpaired) electrons. The van der Waals surface area contributed by atoms with E-state index < -0.39 is 11.9 Å². The van der Waals surface area contributed by atoms with Gasteiger partial charge < -0.3 is 5.11 Å². The Bertz CT molecular complexity index is 442. The van der Waals surface area contributed by atoms with Crippen molar-refractivity contribution in [3.05, 3.63) is 22.8 Å². The summed E-state index contributed by atoms with van der Waals surface area (Å²) in [5.41, 5.74) is 2.41. The lowest BCUT2D eigenvalue weighted by atomic mass is 9.97. The molecule has 0 saturated heterocycles. The second kappa shape index (κ2) is 5.04. The maximum Gasteiger partial charge on any atom is 0.310 e. The van der Waals surface area contributed by atoms with Crippen LogP contribution in [0.3, 0.4) is 0 Å². The van der Waals surface area contributed by atoms with E-state index in [1.165, 1.54) is 12.8 Å². The van der Waals surface area contributed by atoms with E-state index in [9.17, 15) is 4.79 Å². The lowest BCUT2D eigenvalue weighted by Gasteiger charge is -2.16. The lowest BCUT2D eigenvalue weighted by molar-refractivity contribution is -0.138. The number of rotatable bonds is 3. The van der Waals surface area contributed by atoms with Gasteiger partial charge in [0, 0.05) is 22.9 Å². The summed E-state index contributed by atoms with van der Waals surface area (Å²) in [7, 11) is 0. The van der Waals surface area contributed by atoms with Crippen LogP contribution >= 0.6 is 0 Å². The standard InChI is InChI=1S/C14H20N2O2/c1-8(14(17)18)12-9(2)15-13(16-10(12)3)11-6-4-5-7-11/h8,11H,4-7H2,1-3H3,(H,17,18). The van der Waals surface area contributed by atoms with Gasteiger partial charge in [0.05, 0.1) is 5.92 Å². The van der Waals surface area contributed by atoms with E-state index in [1.807, 2.05) is 13.8 Å². The molecule has 2 rings (SSSR count). The van der Waals surface area contributed by atoms with E-state index in [4.69, 9.17) is 5.11 Å². The first-order valence-corrected chi connectivity index (χ1v) is 6.58. The number of nitrogens with zero attached hydrogens (tertiary/aromatic N) is 2. The molecule has 4 heteroatoms. The number of carboxylic acid groups (broad SMARTS) is 1. The van der Waals surface area contributed by atoms with Crippen molar-refractivity contribution in [2.75, 3.05) is 0 Å². The predicted octanol–water partition coefficient (Wildman–Crippen LogP) is 2.94. The maximum absolute atomic E-state index is 11.1. The number of hydrogen-bond acceptors (Lipinski definition) is 3. The van der Waals surface area contributed by atoms with Crippen molar-refractivity contribution in [2.24, 2.45) is 0 Å². The first-order chi connectivity index (χ1) is 8.50. The average molecular weight is 248 g/mol. The molecule has 1 fully saturated rings. The summed E-state index contributed by atoms with van der Waals surface area (Å²) in [4.78, 5) is 20.2. The van der Waals surface area contributed by atoms with Gasteiger partial charge in [0.25, 0.3) is 0 Å². The Balaban J connectivity index is 2.37. The third kappa shape index (κ3) is 2.37. The summed E-state index contributed by atoms with van der Waals surface area (Å²) in [6.45, 7) is 5.47. The molecule has 1 N–H and O–H groups in total. The first kappa shape index (κ1) is 13.0. The Morgan fingerprint density at radius 2 is 1.72 bits per heavy atom.